The molecule has 2 N–H and O–H groups in total. The molecule has 3 rings (SSSR count). The van der Waals surface area contributed by atoms with Gasteiger partial charge in [0.15, 0.2) is 11.5 Å². The lowest BCUT2D eigenvalue weighted by molar-refractivity contribution is 0.102. The number of hydrogen-bond donors (Lipinski definition) is 2. The third-order valence-electron chi connectivity index (χ3n) is 4.24. The lowest BCUT2D eigenvalue weighted by atomic mass is 10.1. The van der Waals surface area contributed by atoms with E-state index < -0.39 is 0 Å². The van der Waals surface area contributed by atoms with E-state index in [1.165, 1.54) is 21.3 Å². The first kappa shape index (κ1) is 20.0. The van der Waals surface area contributed by atoms with Gasteiger partial charge in [0, 0.05) is 11.3 Å². The zero-order chi connectivity index (χ0) is 20.8. The van der Waals surface area contributed by atoms with Crippen LogP contribution in [0.1, 0.15) is 15.9 Å². The van der Waals surface area contributed by atoms with Crippen LogP contribution in [0, 0.1) is 6.92 Å². The molecule has 0 bridgehead atoms. The summed E-state index contributed by atoms with van der Waals surface area (Å²) >= 11 is 0. The summed E-state index contributed by atoms with van der Waals surface area (Å²) in [6.07, 6.45) is 1.66. The molecule has 7 nitrogen and oxygen atoms in total. The van der Waals surface area contributed by atoms with Crippen LogP contribution in [-0.4, -0.2) is 32.2 Å². The van der Waals surface area contributed by atoms with Gasteiger partial charge >= 0.3 is 0 Å². The number of ether oxygens (including phenoxy) is 3. The Morgan fingerprint density at radius 1 is 0.897 bits per heavy atom. The zero-order valence-corrected chi connectivity index (χ0v) is 16.8. The summed E-state index contributed by atoms with van der Waals surface area (Å²) in [5.41, 5.74) is 3.32. The standard InChI is InChI=1S/C22H23N3O4/c1-14-6-5-7-16(10-14)24-17-8-9-20(23-13-17)25-22(26)15-11-18(27-2)21(29-4)19(12-15)28-3/h5-13,24H,1-4H3,(H,23,25,26). The van der Waals surface area contributed by atoms with E-state index in [1.54, 1.807) is 24.4 Å². The van der Waals surface area contributed by atoms with Crippen LogP contribution in [0.25, 0.3) is 0 Å². The fourth-order valence-corrected chi connectivity index (χ4v) is 2.83. The van der Waals surface area contributed by atoms with Crippen LogP contribution in [-0.2, 0) is 0 Å². The van der Waals surface area contributed by atoms with Crippen LogP contribution in [0.5, 0.6) is 17.2 Å². The number of carbonyl (C=O) groups excluding carboxylic acids is 1. The number of methoxy groups -OCH3 is 3. The van der Waals surface area contributed by atoms with Gasteiger partial charge in [-0.3, -0.25) is 4.79 Å². The Kier molecular flexibility index (Phi) is 6.19. The van der Waals surface area contributed by atoms with Crippen molar-refractivity contribution >= 4 is 23.1 Å². The number of pyridine rings is 1. The smallest absolute Gasteiger partial charge is 0.257 e. The third kappa shape index (κ3) is 4.76. The number of carbonyl (C=O) groups is 1. The van der Waals surface area contributed by atoms with Gasteiger partial charge in [0.2, 0.25) is 5.75 Å². The number of aromatic nitrogens is 1. The third-order valence-corrected chi connectivity index (χ3v) is 4.24. The highest BCUT2D eigenvalue weighted by molar-refractivity contribution is 6.04. The largest absolute Gasteiger partial charge is 0.493 e. The highest BCUT2D eigenvalue weighted by Crippen LogP contribution is 2.38. The maximum atomic E-state index is 12.6. The molecule has 0 radical (unpaired) electrons. The molecule has 1 heterocycles. The van der Waals surface area contributed by atoms with Crippen molar-refractivity contribution in [2.45, 2.75) is 6.92 Å². The monoisotopic (exact) mass is 393 g/mol. The molecule has 0 spiro atoms. The number of nitrogens with one attached hydrogen (secondary N) is 2. The molecular formula is C22H23N3O4. The summed E-state index contributed by atoms with van der Waals surface area (Å²) in [5, 5.41) is 6.05. The van der Waals surface area contributed by atoms with Crippen molar-refractivity contribution in [2.24, 2.45) is 0 Å². The number of aryl methyl sites for hydroxylation is 1. The van der Waals surface area contributed by atoms with Crippen molar-refractivity contribution in [3.8, 4) is 17.2 Å². The van der Waals surface area contributed by atoms with Crippen molar-refractivity contribution in [3.05, 3.63) is 65.9 Å². The van der Waals surface area contributed by atoms with Crippen LogP contribution in [0.4, 0.5) is 17.2 Å². The van der Waals surface area contributed by atoms with Crippen LogP contribution in [0.15, 0.2) is 54.7 Å². The van der Waals surface area contributed by atoms with E-state index in [-0.39, 0.29) is 5.91 Å². The molecule has 0 saturated heterocycles. The second-order valence-electron chi connectivity index (χ2n) is 6.29. The average molecular weight is 393 g/mol. The second kappa shape index (κ2) is 8.97. The van der Waals surface area contributed by atoms with Gasteiger partial charge < -0.3 is 24.8 Å². The van der Waals surface area contributed by atoms with Gasteiger partial charge in [0.25, 0.3) is 5.91 Å². The molecule has 0 unspecified atom stereocenters. The summed E-state index contributed by atoms with van der Waals surface area (Å²) in [7, 11) is 4.51. The Labute approximate surface area is 169 Å². The van der Waals surface area contributed by atoms with E-state index in [4.69, 9.17) is 14.2 Å². The van der Waals surface area contributed by atoms with Gasteiger partial charge in [-0.25, -0.2) is 4.98 Å². The predicted molar refractivity (Wildman–Crippen MR) is 113 cm³/mol. The van der Waals surface area contributed by atoms with E-state index in [0.29, 0.717) is 28.6 Å². The normalized spacial score (nSPS) is 10.2. The molecule has 1 amide bonds. The topological polar surface area (TPSA) is 81.7 Å². The highest BCUT2D eigenvalue weighted by atomic mass is 16.5. The van der Waals surface area contributed by atoms with E-state index >= 15 is 0 Å². The number of benzene rings is 2. The van der Waals surface area contributed by atoms with Gasteiger partial charge in [0.1, 0.15) is 5.82 Å². The molecule has 3 aromatic rings. The second-order valence-corrected chi connectivity index (χ2v) is 6.29. The number of hydrogen-bond acceptors (Lipinski definition) is 6. The lowest BCUT2D eigenvalue weighted by Gasteiger charge is -2.14. The molecule has 1 aromatic heterocycles. The van der Waals surface area contributed by atoms with Crippen molar-refractivity contribution in [2.75, 3.05) is 32.0 Å². The molecule has 150 valence electrons. The van der Waals surface area contributed by atoms with Crippen LogP contribution < -0.4 is 24.8 Å². The first-order chi connectivity index (χ1) is 14.0. The number of rotatable bonds is 7. The van der Waals surface area contributed by atoms with Crippen LogP contribution in [0.2, 0.25) is 0 Å². The maximum Gasteiger partial charge on any atom is 0.257 e. The zero-order valence-electron chi connectivity index (χ0n) is 16.8. The van der Waals surface area contributed by atoms with E-state index in [1.807, 2.05) is 37.3 Å². The molecule has 0 fully saturated rings. The minimum Gasteiger partial charge on any atom is -0.493 e. The van der Waals surface area contributed by atoms with Crippen molar-refractivity contribution < 1.29 is 19.0 Å². The summed E-state index contributed by atoms with van der Waals surface area (Å²) in [4.78, 5) is 16.9. The van der Waals surface area contributed by atoms with Crippen molar-refractivity contribution in [1.82, 2.24) is 4.98 Å². The van der Waals surface area contributed by atoms with Crippen molar-refractivity contribution in [3.63, 3.8) is 0 Å². The van der Waals surface area contributed by atoms with Crippen molar-refractivity contribution in [1.29, 1.82) is 0 Å². The summed E-state index contributed by atoms with van der Waals surface area (Å²) < 4.78 is 15.9. The molecule has 0 saturated carbocycles. The molecule has 29 heavy (non-hydrogen) atoms. The summed E-state index contributed by atoms with van der Waals surface area (Å²) in [6, 6.07) is 14.8. The predicted octanol–water partition coefficient (Wildman–Crippen LogP) is 4.41. The number of nitrogens with zero attached hydrogens (tertiary/aromatic N) is 1. The van der Waals surface area contributed by atoms with Gasteiger partial charge in [0.05, 0.1) is 33.2 Å². The van der Waals surface area contributed by atoms with Gasteiger partial charge in [-0.1, -0.05) is 12.1 Å². The lowest BCUT2D eigenvalue weighted by Crippen LogP contribution is -2.13. The van der Waals surface area contributed by atoms with E-state index in [2.05, 4.69) is 15.6 Å². The van der Waals surface area contributed by atoms with E-state index in [0.717, 1.165) is 16.9 Å². The SMILES string of the molecule is COc1cc(C(=O)Nc2ccc(Nc3cccc(C)c3)cn2)cc(OC)c1OC. The average Bonchev–Trinajstić information content (AvgIpc) is 2.74. The summed E-state index contributed by atoms with van der Waals surface area (Å²) in [5.74, 6) is 1.33. The summed E-state index contributed by atoms with van der Waals surface area (Å²) in [6.45, 7) is 2.03. The Hall–Kier alpha value is -3.74. The molecule has 7 heteroatoms. The van der Waals surface area contributed by atoms with E-state index in [9.17, 15) is 4.79 Å². The Morgan fingerprint density at radius 2 is 1.62 bits per heavy atom. The van der Waals surface area contributed by atoms with Crippen LogP contribution in [0.3, 0.4) is 0 Å². The molecule has 0 aliphatic carbocycles. The molecular weight excluding hydrogens is 370 g/mol. The number of amides is 1. The van der Waals surface area contributed by atoms with Gasteiger partial charge in [-0.15, -0.1) is 0 Å². The van der Waals surface area contributed by atoms with Gasteiger partial charge in [-0.05, 0) is 48.9 Å². The molecule has 2 aromatic carbocycles. The Morgan fingerprint density at radius 3 is 2.17 bits per heavy atom. The maximum absolute atomic E-state index is 12.6. The quantitative estimate of drug-likeness (QED) is 0.619. The molecule has 0 aliphatic rings. The minimum atomic E-state index is -0.337. The Bertz CT molecular complexity index is 978. The molecule has 0 aliphatic heterocycles. The molecule has 0 atom stereocenters. The fraction of sp³-hybridized carbons (Fsp3) is 0.182. The highest BCUT2D eigenvalue weighted by Gasteiger charge is 2.17. The first-order valence-corrected chi connectivity index (χ1v) is 8.95. The Balaban J connectivity index is 1.74. The number of anilines is 3. The first-order valence-electron chi connectivity index (χ1n) is 8.95. The minimum absolute atomic E-state index is 0.337. The van der Waals surface area contributed by atoms with Crippen LogP contribution >= 0.6 is 0 Å². The fourth-order valence-electron chi connectivity index (χ4n) is 2.83. The van der Waals surface area contributed by atoms with Gasteiger partial charge in [-0.2, -0.15) is 0 Å².